The van der Waals surface area contributed by atoms with Crippen LogP contribution in [0.1, 0.15) is 41.3 Å². The monoisotopic (exact) mass is 397 g/mol. The van der Waals surface area contributed by atoms with Gasteiger partial charge >= 0.3 is 0 Å². The number of benzene rings is 1. The molecule has 3 N–H and O–H groups in total. The number of nitrogens with one attached hydrogen (secondary N) is 2. The summed E-state index contributed by atoms with van der Waals surface area (Å²) in [7, 11) is 3.14. The highest BCUT2D eigenvalue weighted by atomic mass is 16.3. The van der Waals surface area contributed by atoms with Gasteiger partial charge in [-0.05, 0) is 37.6 Å². The molecule has 0 aliphatic carbocycles. The zero-order valence-corrected chi connectivity index (χ0v) is 16.7. The molecule has 0 saturated carbocycles. The maximum absolute atomic E-state index is 12.2. The molecule has 1 heterocycles. The molecule has 2 aromatic carbocycles. The third kappa shape index (κ3) is 3.73. The Morgan fingerprint density at radius 1 is 1.14 bits per heavy atom. The number of para-hydroxylation sites is 1. The molecule has 0 unspecified atom stereocenters. The zero-order chi connectivity index (χ0) is 21.3. The predicted octanol–water partition coefficient (Wildman–Crippen LogP) is 2.90. The Balaban J connectivity index is 1.90. The van der Waals surface area contributed by atoms with Gasteiger partial charge in [0.25, 0.3) is 16.8 Å². The van der Waals surface area contributed by atoms with Crippen molar-refractivity contribution in [3.8, 4) is 5.75 Å². The van der Waals surface area contributed by atoms with Gasteiger partial charge in [0.2, 0.25) is 0 Å². The number of hydrogen-bond donors (Lipinski definition) is 3. The van der Waals surface area contributed by atoms with Gasteiger partial charge < -0.3 is 25.1 Å². The largest absolute Gasteiger partial charge is 0.505 e. The summed E-state index contributed by atoms with van der Waals surface area (Å²) >= 11 is 0. The van der Waals surface area contributed by atoms with Crippen LogP contribution in [-0.2, 0) is 0 Å². The van der Waals surface area contributed by atoms with E-state index in [2.05, 4.69) is 10.6 Å². The van der Waals surface area contributed by atoms with E-state index in [0.29, 0.717) is 12.2 Å². The van der Waals surface area contributed by atoms with E-state index in [1.165, 1.54) is 17.0 Å². The van der Waals surface area contributed by atoms with Crippen LogP contribution in [0.25, 0.3) is 0 Å². The van der Waals surface area contributed by atoms with E-state index in [-0.39, 0.29) is 40.3 Å². The van der Waals surface area contributed by atoms with E-state index < -0.39 is 10.9 Å². The standard InChI is InChI=1S/C21H23N3O5/c1-5-13(15-10-9-11(2)29-15)22-16-17(20(27)19(16)26)23-14-8-6-7-12(18(14)25)21(28)24(3)4/h6-10,13,22-23,25H,5H2,1-4H3/t13-/m0/s1. The van der Waals surface area contributed by atoms with Crippen LogP contribution in [0.15, 0.2) is 44.3 Å². The molecule has 8 nitrogen and oxygen atoms in total. The number of amides is 1. The third-order valence-corrected chi connectivity index (χ3v) is 4.67. The van der Waals surface area contributed by atoms with Gasteiger partial charge in [0, 0.05) is 14.1 Å². The number of phenols is 1. The normalized spacial score (nSPS) is 12.0. The van der Waals surface area contributed by atoms with Crippen molar-refractivity contribution in [1.82, 2.24) is 4.90 Å². The Labute approximate surface area is 167 Å². The fraction of sp³-hybridized carbons (Fsp3) is 0.286. The summed E-state index contributed by atoms with van der Waals surface area (Å²) < 4.78 is 5.62. The summed E-state index contributed by atoms with van der Waals surface area (Å²) in [5, 5.41) is 16.3. The number of rotatable bonds is 7. The van der Waals surface area contributed by atoms with Crippen molar-refractivity contribution in [2.75, 3.05) is 24.7 Å². The second-order valence-electron chi connectivity index (χ2n) is 6.99. The number of hydrogen-bond acceptors (Lipinski definition) is 7. The first-order chi connectivity index (χ1) is 13.7. The lowest BCUT2D eigenvalue weighted by Crippen LogP contribution is -2.37. The second kappa shape index (κ2) is 7.83. The highest BCUT2D eigenvalue weighted by molar-refractivity contribution is 5.99. The molecule has 0 bridgehead atoms. The van der Waals surface area contributed by atoms with E-state index >= 15 is 0 Å². The van der Waals surface area contributed by atoms with Crippen LogP contribution in [0.4, 0.5) is 17.1 Å². The number of aryl methyl sites for hydroxylation is 1. The molecule has 3 rings (SSSR count). The number of phenolic OH excluding ortho intramolecular Hbond substituents is 1. The van der Waals surface area contributed by atoms with Crippen molar-refractivity contribution < 1.29 is 14.3 Å². The minimum absolute atomic E-state index is 0.0430. The van der Waals surface area contributed by atoms with E-state index in [1.54, 1.807) is 20.2 Å². The molecule has 29 heavy (non-hydrogen) atoms. The fourth-order valence-electron chi connectivity index (χ4n) is 3.03. The molecule has 0 aliphatic heterocycles. The molecule has 1 aromatic heterocycles. The predicted molar refractivity (Wildman–Crippen MR) is 111 cm³/mol. The number of anilines is 3. The number of aromatic hydroxyl groups is 1. The molecule has 1 amide bonds. The average Bonchev–Trinajstić information content (AvgIpc) is 3.13. The summed E-state index contributed by atoms with van der Waals surface area (Å²) in [6.45, 7) is 3.75. The molecule has 0 radical (unpaired) electrons. The molecule has 0 saturated heterocycles. The van der Waals surface area contributed by atoms with Crippen molar-refractivity contribution in [2.24, 2.45) is 0 Å². The van der Waals surface area contributed by atoms with Crippen molar-refractivity contribution in [3.63, 3.8) is 0 Å². The van der Waals surface area contributed by atoms with E-state index in [0.717, 1.165) is 5.76 Å². The quantitative estimate of drug-likeness (QED) is 0.415. The SMILES string of the molecule is CC[C@H](Nc1c(Nc2cccc(C(=O)N(C)C)c2O)c(=O)c1=O)c1ccc(C)o1. The summed E-state index contributed by atoms with van der Waals surface area (Å²) in [6.07, 6.45) is 0.628. The molecule has 3 aromatic rings. The Morgan fingerprint density at radius 3 is 2.41 bits per heavy atom. The molecule has 0 fully saturated rings. The summed E-state index contributed by atoms with van der Waals surface area (Å²) in [5.74, 6) is 0.730. The second-order valence-corrected chi connectivity index (χ2v) is 6.99. The number of furan rings is 1. The highest BCUT2D eigenvalue weighted by Crippen LogP contribution is 2.33. The first-order valence-corrected chi connectivity index (χ1v) is 9.21. The summed E-state index contributed by atoms with van der Waals surface area (Å²) in [4.78, 5) is 37.8. The maximum Gasteiger partial charge on any atom is 0.257 e. The lowest BCUT2D eigenvalue weighted by atomic mass is 10.1. The number of carbonyl (C=O) groups excluding carboxylic acids is 1. The zero-order valence-electron chi connectivity index (χ0n) is 16.7. The van der Waals surface area contributed by atoms with Gasteiger partial charge in [-0.25, -0.2) is 0 Å². The lowest BCUT2D eigenvalue weighted by molar-refractivity contribution is 0.0824. The lowest BCUT2D eigenvalue weighted by Gasteiger charge is -2.21. The van der Waals surface area contributed by atoms with Crippen molar-refractivity contribution in [3.05, 3.63) is 67.9 Å². The van der Waals surface area contributed by atoms with Crippen LogP contribution in [0, 0.1) is 6.92 Å². The molecule has 0 aliphatic rings. The fourth-order valence-corrected chi connectivity index (χ4v) is 3.03. The van der Waals surface area contributed by atoms with Crippen molar-refractivity contribution in [2.45, 2.75) is 26.3 Å². The van der Waals surface area contributed by atoms with Gasteiger partial charge in [0.1, 0.15) is 22.9 Å². The Bertz CT molecular complexity index is 1120. The van der Waals surface area contributed by atoms with Crippen molar-refractivity contribution in [1.29, 1.82) is 0 Å². The van der Waals surface area contributed by atoms with Gasteiger partial charge in [-0.15, -0.1) is 0 Å². The third-order valence-electron chi connectivity index (χ3n) is 4.67. The Hall–Kier alpha value is -3.55. The van der Waals surface area contributed by atoms with Crippen LogP contribution in [0.5, 0.6) is 5.75 Å². The van der Waals surface area contributed by atoms with Gasteiger partial charge in [-0.2, -0.15) is 0 Å². The number of nitrogens with zero attached hydrogens (tertiary/aromatic N) is 1. The maximum atomic E-state index is 12.2. The summed E-state index contributed by atoms with van der Waals surface area (Å²) in [5.41, 5.74) is -0.919. The van der Waals surface area contributed by atoms with E-state index in [4.69, 9.17) is 4.42 Å². The molecule has 1 atom stereocenters. The summed E-state index contributed by atoms with van der Waals surface area (Å²) in [6, 6.07) is 7.94. The van der Waals surface area contributed by atoms with Crippen LogP contribution in [0.3, 0.4) is 0 Å². The van der Waals surface area contributed by atoms with Gasteiger partial charge in [-0.1, -0.05) is 13.0 Å². The molecule has 0 spiro atoms. The van der Waals surface area contributed by atoms with Gasteiger partial charge in [0.05, 0.1) is 17.3 Å². The van der Waals surface area contributed by atoms with Crippen LogP contribution < -0.4 is 21.5 Å². The van der Waals surface area contributed by atoms with E-state index in [1.807, 2.05) is 26.0 Å². The van der Waals surface area contributed by atoms with Crippen molar-refractivity contribution >= 4 is 23.0 Å². The first kappa shape index (κ1) is 20.2. The molecule has 152 valence electrons. The molecule has 8 heteroatoms. The average molecular weight is 397 g/mol. The van der Waals surface area contributed by atoms with Crippen LogP contribution in [0.2, 0.25) is 0 Å². The van der Waals surface area contributed by atoms with E-state index in [9.17, 15) is 19.5 Å². The minimum Gasteiger partial charge on any atom is -0.505 e. The smallest absolute Gasteiger partial charge is 0.257 e. The highest BCUT2D eigenvalue weighted by Gasteiger charge is 2.26. The topological polar surface area (TPSA) is 112 Å². The van der Waals surface area contributed by atoms with Crippen LogP contribution >= 0.6 is 0 Å². The Kier molecular flexibility index (Phi) is 5.45. The van der Waals surface area contributed by atoms with Gasteiger partial charge in [-0.3, -0.25) is 14.4 Å². The number of carbonyl (C=O) groups is 1. The Morgan fingerprint density at radius 2 is 1.83 bits per heavy atom. The molecular formula is C21H23N3O5. The first-order valence-electron chi connectivity index (χ1n) is 9.21. The minimum atomic E-state index is -0.693. The molecular weight excluding hydrogens is 374 g/mol. The van der Waals surface area contributed by atoms with Gasteiger partial charge in [0.15, 0.2) is 5.75 Å². The van der Waals surface area contributed by atoms with Crippen LogP contribution in [-0.4, -0.2) is 30.0 Å².